The van der Waals surface area contributed by atoms with Crippen molar-refractivity contribution < 1.29 is 4.52 Å². The molecule has 3 atom stereocenters. The third-order valence-corrected chi connectivity index (χ3v) is 4.47. The van der Waals surface area contributed by atoms with E-state index in [0.29, 0.717) is 11.9 Å². The Morgan fingerprint density at radius 3 is 2.77 bits per heavy atom. The molecular formula is C15H20BrN5O. The van der Waals surface area contributed by atoms with Crippen molar-refractivity contribution in [3.05, 3.63) is 46.0 Å². The summed E-state index contributed by atoms with van der Waals surface area (Å²) in [5.74, 6) is 1.39. The van der Waals surface area contributed by atoms with Crippen LogP contribution in [0.25, 0.3) is 0 Å². The summed E-state index contributed by atoms with van der Waals surface area (Å²) in [5, 5.41) is 7.23. The Labute approximate surface area is 138 Å². The number of halogens is 1. The molecule has 1 aliphatic rings. The van der Waals surface area contributed by atoms with Crippen LogP contribution >= 0.6 is 15.9 Å². The molecule has 0 bridgehead atoms. The number of benzene rings is 1. The number of aromatic nitrogens is 2. The highest BCUT2D eigenvalue weighted by atomic mass is 79.9. The molecule has 0 radical (unpaired) electrons. The minimum atomic E-state index is 0.0415. The van der Waals surface area contributed by atoms with Crippen molar-refractivity contribution in [2.75, 3.05) is 7.05 Å². The van der Waals surface area contributed by atoms with Gasteiger partial charge in [0.15, 0.2) is 5.82 Å². The van der Waals surface area contributed by atoms with E-state index < -0.39 is 0 Å². The number of hydrogen-bond donors (Lipinski definition) is 3. The van der Waals surface area contributed by atoms with Crippen LogP contribution in [0.15, 0.2) is 33.3 Å². The zero-order valence-corrected chi connectivity index (χ0v) is 14.2. The quantitative estimate of drug-likeness (QED) is 0.754. The van der Waals surface area contributed by atoms with Gasteiger partial charge >= 0.3 is 0 Å². The SMILES string of the molecule is CNC(C)Cc1noc(C2CC(c3ccc(Br)cc3)NN2)n1. The van der Waals surface area contributed by atoms with Gasteiger partial charge in [-0.1, -0.05) is 33.2 Å². The average Bonchev–Trinajstić information content (AvgIpc) is 3.17. The lowest BCUT2D eigenvalue weighted by atomic mass is 10.0. The number of hydrogen-bond acceptors (Lipinski definition) is 6. The van der Waals surface area contributed by atoms with E-state index in [-0.39, 0.29) is 12.1 Å². The summed E-state index contributed by atoms with van der Waals surface area (Å²) >= 11 is 3.46. The molecule has 3 unspecified atom stereocenters. The zero-order chi connectivity index (χ0) is 15.5. The normalized spacial score (nSPS) is 22.9. The fourth-order valence-corrected chi connectivity index (χ4v) is 2.76. The van der Waals surface area contributed by atoms with E-state index in [1.807, 2.05) is 19.2 Å². The molecule has 1 aliphatic heterocycles. The van der Waals surface area contributed by atoms with Gasteiger partial charge in [-0.05, 0) is 38.1 Å². The summed E-state index contributed by atoms with van der Waals surface area (Å²) in [6.07, 6.45) is 1.64. The van der Waals surface area contributed by atoms with Crippen molar-refractivity contribution in [1.82, 2.24) is 26.3 Å². The maximum Gasteiger partial charge on any atom is 0.245 e. The minimum Gasteiger partial charge on any atom is -0.338 e. The predicted molar refractivity (Wildman–Crippen MR) is 87.0 cm³/mol. The van der Waals surface area contributed by atoms with Crippen molar-refractivity contribution in [3.8, 4) is 0 Å². The molecule has 1 saturated heterocycles. The van der Waals surface area contributed by atoms with Gasteiger partial charge in [-0.3, -0.25) is 0 Å². The van der Waals surface area contributed by atoms with Crippen LogP contribution < -0.4 is 16.2 Å². The first-order valence-corrected chi connectivity index (χ1v) is 8.21. The third-order valence-electron chi connectivity index (χ3n) is 3.94. The molecule has 3 rings (SSSR count). The highest BCUT2D eigenvalue weighted by Gasteiger charge is 2.30. The Kier molecular flexibility index (Phi) is 4.87. The first kappa shape index (κ1) is 15.6. The van der Waals surface area contributed by atoms with Gasteiger partial charge in [0.05, 0.1) is 0 Å². The second-order valence-electron chi connectivity index (χ2n) is 5.62. The molecule has 2 aromatic rings. The van der Waals surface area contributed by atoms with Crippen LogP contribution in [0, 0.1) is 0 Å². The van der Waals surface area contributed by atoms with E-state index in [1.54, 1.807) is 0 Å². The number of nitrogens with zero attached hydrogens (tertiary/aromatic N) is 2. The van der Waals surface area contributed by atoms with Gasteiger partial charge in [0.1, 0.15) is 6.04 Å². The molecule has 1 aromatic carbocycles. The topological polar surface area (TPSA) is 75.0 Å². The Morgan fingerprint density at radius 1 is 1.32 bits per heavy atom. The zero-order valence-electron chi connectivity index (χ0n) is 12.6. The Hall–Kier alpha value is -1.28. The van der Waals surface area contributed by atoms with Crippen molar-refractivity contribution in [2.24, 2.45) is 0 Å². The van der Waals surface area contributed by atoms with Crippen LogP contribution in [-0.4, -0.2) is 23.2 Å². The minimum absolute atomic E-state index is 0.0415. The highest BCUT2D eigenvalue weighted by Crippen LogP contribution is 2.30. The summed E-state index contributed by atoms with van der Waals surface area (Å²) in [5.41, 5.74) is 7.78. The highest BCUT2D eigenvalue weighted by molar-refractivity contribution is 9.10. The second kappa shape index (κ2) is 6.87. The van der Waals surface area contributed by atoms with Crippen LogP contribution in [0.2, 0.25) is 0 Å². The van der Waals surface area contributed by atoms with E-state index >= 15 is 0 Å². The first-order chi connectivity index (χ1) is 10.7. The maximum atomic E-state index is 5.40. The van der Waals surface area contributed by atoms with Crippen molar-refractivity contribution in [3.63, 3.8) is 0 Å². The first-order valence-electron chi connectivity index (χ1n) is 7.42. The van der Waals surface area contributed by atoms with Crippen LogP contribution in [0.5, 0.6) is 0 Å². The molecule has 0 spiro atoms. The Bertz CT molecular complexity index is 615. The van der Waals surface area contributed by atoms with E-state index in [9.17, 15) is 0 Å². The summed E-state index contributed by atoms with van der Waals surface area (Å²) < 4.78 is 6.48. The number of nitrogens with one attached hydrogen (secondary N) is 3. The number of hydrazine groups is 1. The van der Waals surface area contributed by atoms with E-state index in [0.717, 1.165) is 23.1 Å². The summed E-state index contributed by atoms with van der Waals surface area (Å²) in [6, 6.07) is 8.93. The molecule has 3 N–H and O–H groups in total. The maximum absolute atomic E-state index is 5.40. The fourth-order valence-electron chi connectivity index (χ4n) is 2.50. The summed E-state index contributed by atoms with van der Waals surface area (Å²) in [4.78, 5) is 4.49. The van der Waals surface area contributed by atoms with Crippen molar-refractivity contribution >= 4 is 15.9 Å². The van der Waals surface area contributed by atoms with Gasteiger partial charge in [-0.25, -0.2) is 10.9 Å². The molecule has 22 heavy (non-hydrogen) atoms. The largest absolute Gasteiger partial charge is 0.338 e. The Morgan fingerprint density at radius 2 is 2.05 bits per heavy atom. The molecule has 7 heteroatoms. The lowest BCUT2D eigenvalue weighted by Crippen LogP contribution is -2.27. The predicted octanol–water partition coefficient (Wildman–Crippen LogP) is 2.26. The van der Waals surface area contributed by atoms with Gasteiger partial charge in [-0.2, -0.15) is 4.98 Å². The fraction of sp³-hybridized carbons (Fsp3) is 0.467. The molecular weight excluding hydrogens is 346 g/mol. The molecule has 0 amide bonds. The third kappa shape index (κ3) is 3.55. The monoisotopic (exact) mass is 365 g/mol. The van der Waals surface area contributed by atoms with Crippen LogP contribution in [0.3, 0.4) is 0 Å². The molecule has 1 aromatic heterocycles. The number of likely N-dealkylation sites (N-methyl/N-ethyl adjacent to an activating group) is 1. The lowest BCUT2D eigenvalue weighted by Gasteiger charge is -2.09. The molecule has 6 nitrogen and oxygen atoms in total. The Balaban J connectivity index is 1.64. The molecule has 118 valence electrons. The molecule has 0 aliphatic carbocycles. The van der Waals surface area contributed by atoms with Gasteiger partial charge in [0.2, 0.25) is 5.89 Å². The van der Waals surface area contributed by atoms with Gasteiger partial charge < -0.3 is 9.84 Å². The van der Waals surface area contributed by atoms with E-state index in [1.165, 1.54) is 5.56 Å². The average molecular weight is 366 g/mol. The van der Waals surface area contributed by atoms with Gasteiger partial charge in [0.25, 0.3) is 0 Å². The van der Waals surface area contributed by atoms with E-state index in [2.05, 4.69) is 61.3 Å². The molecule has 1 fully saturated rings. The summed E-state index contributed by atoms with van der Waals surface area (Å²) in [7, 11) is 1.93. The number of rotatable bonds is 5. The van der Waals surface area contributed by atoms with Crippen LogP contribution in [0.1, 0.15) is 42.7 Å². The smallest absolute Gasteiger partial charge is 0.245 e. The molecule has 0 saturated carbocycles. The lowest BCUT2D eigenvalue weighted by molar-refractivity contribution is 0.335. The molecule has 2 heterocycles. The second-order valence-corrected chi connectivity index (χ2v) is 6.54. The summed E-state index contributed by atoms with van der Waals surface area (Å²) in [6.45, 7) is 2.09. The van der Waals surface area contributed by atoms with Crippen molar-refractivity contribution in [2.45, 2.75) is 37.9 Å². The van der Waals surface area contributed by atoms with E-state index in [4.69, 9.17) is 4.52 Å². The van der Waals surface area contributed by atoms with Gasteiger partial charge in [0, 0.05) is 23.0 Å². The van der Waals surface area contributed by atoms with Crippen LogP contribution in [-0.2, 0) is 6.42 Å². The van der Waals surface area contributed by atoms with Crippen molar-refractivity contribution in [1.29, 1.82) is 0 Å². The van der Waals surface area contributed by atoms with Crippen LogP contribution in [0.4, 0.5) is 0 Å². The van der Waals surface area contributed by atoms with Gasteiger partial charge in [-0.15, -0.1) is 0 Å². The standard InChI is InChI=1S/C15H20BrN5O/c1-9(17-2)7-14-18-15(22-21-14)13-8-12(19-20-13)10-3-5-11(16)6-4-10/h3-6,9,12-13,17,19-20H,7-8H2,1-2H3.